The van der Waals surface area contributed by atoms with Crippen LogP contribution in [-0.4, -0.2) is 59.0 Å². The standard InChI is InChI=1S/C20H42N2O5/c1-5-7-8-9-10-11-12-18(17-22-19(21)23)20(6-2,26-15-13-24-3)27-16-14-25-4/h18H,5-17H2,1-4H3,(H3,21,22,23). The van der Waals surface area contributed by atoms with Gasteiger partial charge in [0.25, 0.3) is 0 Å². The van der Waals surface area contributed by atoms with Crippen LogP contribution in [0.25, 0.3) is 0 Å². The molecular formula is C20H42N2O5. The molecule has 0 fully saturated rings. The van der Waals surface area contributed by atoms with E-state index in [4.69, 9.17) is 24.7 Å². The van der Waals surface area contributed by atoms with Crippen LogP contribution in [0, 0.1) is 5.92 Å². The number of urea groups is 1. The maximum Gasteiger partial charge on any atom is 0.312 e. The van der Waals surface area contributed by atoms with Gasteiger partial charge in [-0.05, 0) is 12.8 Å². The Bertz CT molecular complexity index is 345. The van der Waals surface area contributed by atoms with Crippen LogP contribution in [0.15, 0.2) is 0 Å². The van der Waals surface area contributed by atoms with Crippen LogP contribution in [0.1, 0.15) is 65.2 Å². The number of amides is 2. The molecule has 1 atom stereocenters. The molecule has 0 heterocycles. The fourth-order valence-electron chi connectivity index (χ4n) is 3.24. The molecule has 0 aliphatic carbocycles. The van der Waals surface area contributed by atoms with Crippen molar-refractivity contribution in [3.8, 4) is 0 Å². The second kappa shape index (κ2) is 17.2. The lowest BCUT2D eigenvalue weighted by molar-refractivity contribution is -0.275. The van der Waals surface area contributed by atoms with Crippen molar-refractivity contribution in [2.45, 2.75) is 71.0 Å². The second-order valence-electron chi connectivity index (χ2n) is 6.85. The van der Waals surface area contributed by atoms with Crippen molar-refractivity contribution in [3.05, 3.63) is 0 Å². The first kappa shape index (κ1) is 26.1. The highest BCUT2D eigenvalue weighted by Crippen LogP contribution is 2.32. The molecular weight excluding hydrogens is 348 g/mol. The van der Waals surface area contributed by atoms with E-state index in [1.165, 1.54) is 32.1 Å². The number of nitrogens with one attached hydrogen (secondary N) is 1. The molecule has 0 bridgehead atoms. The number of nitrogens with two attached hydrogens (primary N) is 1. The van der Waals surface area contributed by atoms with Crippen molar-refractivity contribution >= 4 is 6.03 Å². The summed E-state index contributed by atoms with van der Waals surface area (Å²) in [5.41, 5.74) is 5.31. The topological polar surface area (TPSA) is 92.0 Å². The summed E-state index contributed by atoms with van der Waals surface area (Å²) >= 11 is 0. The van der Waals surface area contributed by atoms with Crippen LogP contribution in [0.2, 0.25) is 0 Å². The van der Waals surface area contributed by atoms with E-state index < -0.39 is 11.8 Å². The van der Waals surface area contributed by atoms with Gasteiger partial charge in [-0.2, -0.15) is 0 Å². The normalized spacial score (nSPS) is 12.9. The molecule has 0 saturated carbocycles. The third-order valence-corrected chi connectivity index (χ3v) is 4.81. The minimum atomic E-state index is -0.789. The number of methoxy groups -OCH3 is 2. The van der Waals surface area contributed by atoms with Gasteiger partial charge in [0.2, 0.25) is 0 Å². The Balaban J connectivity index is 4.98. The second-order valence-corrected chi connectivity index (χ2v) is 6.85. The molecule has 3 N–H and O–H groups in total. The minimum Gasteiger partial charge on any atom is -0.382 e. The van der Waals surface area contributed by atoms with Gasteiger partial charge in [0.15, 0.2) is 5.79 Å². The minimum absolute atomic E-state index is 0.00915. The van der Waals surface area contributed by atoms with Crippen molar-refractivity contribution in [2.24, 2.45) is 11.7 Å². The first-order chi connectivity index (χ1) is 13.1. The van der Waals surface area contributed by atoms with E-state index in [-0.39, 0.29) is 5.92 Å². The fraction of sp³-hybridized carbons (Fsp3) is 0.950. The van der Waals surface area contributed by atoms with Crippen molar-refractivity contribution in [1.82, 2.24) is 5.32 Å². The van der Waals surface area contributed by atoms with E-state index in [2.05, 4.69) is 12.2 Å². The largest absolute Gasteiger partial charge is 0.382 e. The van der Waals surface area contributed by atoms with E-state index in [0.717, 1.165) is 12.8 Å². The number of carbonyl (C=O) groups excluding carboxylic acids is 1. The predicted molar refractivity (Wildman–Crippen MR) is 108 cm³/mol. The summed E-state index contributed by atoms with van der Waals surface area (Å²) in [6, 6.07) is -0.526. The fourth-order valence-corrected chi connectivity index (χ4v) is 3.24. The zero-order valence-electron chi connectivity index (χ0n) is 17.9. The summed E-state index contributed by atoms with van der Waals surface area (Å²) in [5, 5.41) is 2.74. The van der Waals surface area contributed by atoms with Gasteiger partial charge in [-0.15, -0.1) is 0 Å². The Morgan fingerprint density at radius 1 is 0.926 bits per heavy atom. The van der Waals surface area contributed by atoms with Gasteiger partial charge in [0.1, 0.15) is 0 Å². The van der Waals surface area contributed by atoms with Gasteiger partial charge in [-0.25, -0.2) is 4.79 Å². The number of primary amides is 1. The van der Waals surface area contributed by atoms with Crippen molar-refractivity contribution < 1.29 is 23.7 Å². The summed E-state index contributed by atoms with van der Waals surface area (Å²) in [6.07, 6.45) is 8.84. The molecule has 7 heteroatoms. The molecule has 0 aromatic carbocycles. The van der Waals surface area contributed by atoms with Crippen molar-refractivity contribution in [3.63, 3.8) is 0 Å². The molecule has 27 heavy (non-hydrogen) atoms. The maximum atomic E-state index is 11.3. The van der Waals surface area contributed by atoms with Gasteiger partial charge >= 0.3 is 6.03 Å². The lowest BCUT2D eigenvalue weighted by Crippen LogP contribution is -2.50. The van der Waals surface area contributed by atoms with Gasteiger partial charge < -0.3 is 30.0 Å². The van der Waals surface area contributed by atoms with Gasteiger partial charge in [0.05, 0.1) is 26.4 Å². The molecule has 0 rings (SSSR count). The van der Waals surface area contributed by atoms with E-state index >= 15 is 0 Å². The van der Waals surface area contributed by atoms with E-state index in [0.29, 0.717) is 39.4 Å². The Labute approximate surface area is 165 Å². The van der Waals surface area contributed by atoms with E-state index in [9.17, 15) is 4.79 Å². The number of hydrogen-bond donors (Lipinski definition) is 2. The molecule has 0 aromatic heterocycles. The molecule has 0 spiro atoms. The molecule has 0 saturated heterocycles. The monoisotopic (exact) mass is 390 g/mol. The number of hydrogen-bond acceptors (Lipinski definition) is 5. The van der Waals surface area contributed by atoms with Crippen LogP contribution in [-0.2, 0) is 18.9 Å². The average Bonchev–Trinajstić information content (AvgIpc) is 2.66. The molecule has 2 amide bonds. The Morgan fingerprint density at radius 3 is 1.96 bits per heavy atom. The predicted octanol–water partition coefficient (Wildman–Crippen LogP) is 3.45. The quantitative estimate of drug-likeness (QED) is 0.260. The average molecular weight is 391 g/mol. The molecule has 0 aliphatic heterocycles. The smallest absolute Gasteiger partial charge is 0.312 e. The third kappa shape index (κ3) is 12.2. The van der Waals surface area contributed by atoms with Gasteiger partial charge in [0, 0.05) is 26.7 Å². The first-order valence-electron chi connectivity index (χ1n) is 10.3. The first-order valence-corrected chi connectivity index (χ1v) is 10.3. The van der Waals surface area contributed by atoms with Crippen molar-refractivity contribution in [1.29, 1.82) is 0 Å². The van der Waals surface area contributed by atoms with E-state index in [1.807, 2.05) is 6.92 Å². The molecule has 0 radical (unpaired) electrons. The van der Waals surface area contributed by atoms with Crippen LogP contribution in [0.5, 0.6) is 0 Å². The summed E-state index contributed by atoms with van der Waals surface area (Å²) < 4.78 is 22.6. The van der Waals surface area contributed by atoms with Crippen molar-refractivity contribution in [2.75, 3.05) is 47.2 Å². The molecule has 1 unspecified atom stereocenters. The number of ether oxygens (including phenoxy) is 4. The van der Waals surface area contributed by atoms with Crippen LogP contribution >= 0.6 is 0 Å². The van der Waals surface area contributed by atoms with Crippen LogP contribution < -0.4 is 11.1 Å². The summed E-state index contributed by atoms with van der Waals surface area (Å²) in [7, 11) is 3.29. The lowest BCUT2D eigenvalue weighted by atomic mass is 9.89. The maximum absolute atomic E-state index is 11.3. The molecule has 162 valence electrons. The number of carbonyl (C=O) groups is 1. The SMILES string of the molecule is CCCCCCCCC(CNC(N)=O)C(CC)(OCCOC)OCCOC. The molecule has 7 nitrogen and oxygen atoms in total. The zero-order valence-corrected chi connectivity index (χ0v) is 17.9. The number of unbranched alkanes of at least 4 members (excludes halogenated alkanes) is 5. The summed E-state index contributed by atoms with van der Waals surface area (Å²) in [5.74, 6) is -0.780. The van der Waals surface area contributed by atoms with Crippen LogP contribution in [0.3, 0.4) is 0 Å². The highest BCUT2D eigenvalue weighted by molar-refractivity contribution is 5.71. The van der Waals surface area contributed by atoms with E-state index in [1.54, 1.807) is 14.2 Å². The highest BCUT2D eigenvalue weighted by atomic mass is 16.7. The highest BCUT2D eigenvalue weighted by Gasteiger charge is 2.39. The Morgan fingerprint density at radius 2 is 1.48 bits per heavy atom. The summed E-state index contributed by atoms with van der Waals surface area (Å²) in [4.78, 5) is 11.3. The Kier molecular flexibility index (Phi) is 16.7. The van der Waals surface area contributed by atoms with Gasteiger partial charge in [-0.1, -0.05) is 52.4 Å². The zero-order chi connectivity index (χ0) is 20.4. The van der Waals surface area contributed by atoms with Crippen LogP contribution in [0.4, 0.5) is 4.79 Å². The lowest BCUT2D eigenvalue weighted by Gasteiger charge is -2.40. The Hall–Kier alpha value is -0.890. The third-order valence-electron chi connectivity index (χ3n) is 4.81. The molecule has 0 aliphatic rings. The molecule has 0 aromatic rings. The number of rotatable bonds is 19. The summed E-state index contributed by atoms with van der Waals surface area (Å²) in [6.45, 7) is 6.53. The van der Waals surface area contributed by atoms with Gasteiger partial charge in [-0.3, -0.25) is 0 Å².